The molecule has 118 valence electrons. The second kappa shape index (κ2) is 6.16. The fraction of sp³-hybridized carbons (Fsp3) is 0.211. The van der Waals surface area contributed by atoms with Crippen molar-refractivity contribution in [3.8, 4) is 5.75 Å². The zero-order valence-corrected chi connectivity index (χ0v) is 13.6. The molecule has 4 heteroatoms. The van der Waals surface area contributed by atoms with Crippen molar-refractivity contribution in [3.05, 3.63) is 71.4 Å². The second-order valence-electron chi connectivity index (χ2n) is 5.87. The molecule has 0 aromatic heterocycles. The molecule has 0 fully saturated rings. The van der Waals surface area contributed by atoms with Crippen molar-refractivity contribution in [2.45, 2.75) is 6.54 Å². The molecule has 1 amide bonds. The highest BCUT2D eigenvalue weighted by atomic mass is 16.6. The summed E-state index contributed by atoms with van der Waals surface area (Å²) in [6, 6.07) is 16.0. The number of para-hydroxylation sites is 1. The van der Waals surface area contributed by atoms with Crippen molar-refractivity contribution in [2.24, 2.45) is 0 Å². The van der Waals surface area contributed by atoms with Crippen molar-refractivity contribution < 1.29 is 9.53 Å². The van der Waals surface area contributed by atoms with Gasteiger partial charge in [-0.2, -0.15) is 0 Å². The summed E-state index contributed by atoms with van der Waals surface area (Å²) < 4.78 is 5.54. The third kappa shape index (κ3) is 3.06. The number of amides is 1. The predicted molar refractivity (Wildman–Crippen MR) is 91.1 cm³/mol. The van der Waals surface area contributed by atoms with E-state index in [1.807, 2.05) is 43.4 Å². The van der Waals surface area contributed by atoms with Crippen LogP contribution in [-0.4, -0.2) is 37.0 Å². The van der Waals surface area contributed by atoms with Gasteiger partial charge in [0.15, 0.2) is 0 Å². The number of nitrogens with zero attached hydrogens (tertiary/aromatic N) is 2. The molecular formula is C19H20N2O2. The lowest BCUT2D eigenvalue weighted by Gasteiger charge is -2.26. The van der Waals surface area contributed by atoms with Gasteiger partial charge < -0.3 is 14.5 Å². The Hall–Kier alpha value is -2.75. The maximum absolute atomic E-state index is 11.9. The lowest BCUT2D eigenvalue weighted by atomic mass is 9.91. The Kier molecular flexibility index (Phi) is 4.06. The van der Waals surface area contributed by atoms with Gasteiger partial charge in [0.25, 0.3) is 0 Å². The lowest BCUT2D eigenvalue weighted by molar-refractivity contribution is 0.172. The first kappa shape index (κ1) is 15.2. The lowest BCUT2D eigenvalue weighted by Crippen LogP contribution is -2.26. The third-order valence-corrected chi connectivity index (χ3v) is 3.82. The molecule has 0 atom stereocenters. The van der Waals surface area contributed by atoms with E-state index in [0.717, 1.165) is 17.7 Å². The predicted octanol–water partition coefficient (Wildman–Crippen LogP) is 3.58. The molecule has 0 radical (unpaired) electrons. The van der Waals surface area contributed by atoms with E-state index >= 15 is 0 Å². The fourth-order valence-electron chi connectivity index (χ4n) is 2.70. The summed E-state index contributed by atoms with van der Waals surface area (Å²) in [5.41, 5.74) is 4.43. The fourth-order valence-corrected chi connectivity index (χ4v) is 2.70. The molecule has 0 N–H and O–H groups in total. The van der Waals surface area contributed by atoms with Gasteiger partial charge in [-0.3, -0.25) is 0 Å². The van der Waals surface area contributed by atoms with Gasteiger partial charge in [0.1, 0.15) is 5.75 Å². The van der Waals surface area contributed by atoms with E-state index in [0.29, 0.717) is 5.75 Å². The Morgan fingerprint density at radius 3 is 2.43 bits per heavy atom. The van der Waals surface area contributed by atoms with E-state index in [4.69, 9.17) is 4.74 Å². The van der Waals surface area contributed by atoms with Gasteiger partial charge in [-0.1, -0.05) is 42.5 Å². The van der Waals surface area contributed by atoms with Crippen LogP contribution in [0.25, 0.3) is 5.57 Å². The smallest absolute Gasteiger partial charge is 0.410 e. The summed E-state index contributed by atoms with van der Waals surface area (Å²) in [4.78, 5) is 15.5. The second-order valence-corrected chi connectivity index (χ2v) is 5.87. The molecule has 0 bridgehead atoms. The summed E-state index contributed by atoms with van der Waals surface area (Å²) in [7, 11) is 5.40. The van der Waals surface area contributed by atoms with Gasteiger partial charge in [0.05, 0.1) is 0 Å². The molecule has 1 aliphatic heterocycles. The number of hydrogen-bond acceptors (Lipinski definition) is 3. The largest absolute Gasteiger partial charge is 0.414 e. The minimum Gasteiger partial charge on any atom is -0.410 e. The molecule has 0 saturated carbocycles. The van der Waals surface area contributed by atoms with Crippen LogP contribution in [0, 0.1) is 0 Å². The number of fused-ring (bicyclic) bond motifs is 1. The van der Waals surface area contributed by atoms with E-state index in [1.165, 1.54) is 16.0 Å². The summed E-state index contributed by atoms with van der Waals surface area (Å²) in [5, 5.41) is 0. The topological polar surface area (TPSA) is 32.8 Å². The first-order valence-corrected chi connectivity index (χ1v) is 7.55. The molecule has 1 heterocycles. The van der Waals surface area contributed by atoms with E-state index in [1.54, 1.807) is 14.1 Å². The first-order valence-electron chi connectivity index (χ1n) is 7.55. The monoisotopic (exact) mass is 308 g/mol. The van der Waals surface area contributed by atoms with Gasteiger partial charge in [0.2, 0.25) is 0 Å². The average molecular weight is 308 g/mol. The summed E-state index contributed by atoms with van der Waals surface area (Å²) in [5.74, 6) is 0.572. The van der Waals surface area contributed by atoms with Crippen molar-refractivity contribution in [2.75, 3.05) is 21.1 Å². The average Bonchev–Trinajstić information content (AvgIpc) is 2.54. The molecule has 23 heavy (non-hydrogen) atoms. The summed E-state index contributed by atoms with van der Waals surface area (Å²) in [6.45, 7) is 0.874. The molecule has 4 nitrogen and oxygen atoms in total. The van der Waals surface area contributed by atoms with Crippen LogP contribution in [0.15, 0.2) is 54.7 Å². The Balaban J connectivity index is 2.06. The minimum absolute atomic E-state index is 0.379. The van der Waals surface area contributed by atoms with Crippen LogP contribution >= 0.6 is 0 Å². The van der Waals surface area contributed by atoms with Crippen molar-refractivity contribution in [1.29, 1.82) is 0 Å². The first-order chi connectivity index (χ1) is 11.1. The minimum atomic E-state index is -0.379. The van der Waals surface area contributed by atoms with Crippen LogP contribution in [0.4, 0.5) is 4.79 Å². The summed E-state index contributed by atoms with van der Waals surface area (Å²) >= 11 is 0. The Morgan fingerprint density at radius 1 is 1.04 bits per heavy atom. The molecule has 3 rings (SSSR count). The Labute approximate surface area is 136 Å². The van der Waals surface area contributed by atoms with Crippen LogP contribution in [0.2, 0.25) is 0 Å². The van der Waals surface area contributed by atoms with E-state index < -0.39 is 0 Å². The molecule has 0 aliphatic carbocycles. The van der Waals surface area contributed by atoms with Crippen LogP contribution in [0.1, 0.15) is 16.7 Å². The Bertz CT molecular complexity index is 765. The highest BCUT2D eigenvalue weighted by Crippen LogP contribution is 2.36. The molecule has 0 unspecified atom stereocenters. The number of benzene rings is 2. The standard InChI is InChI=1S/C19H20N2O2/c1-20(2)19(22)23-18-11-7-6-10-16(18)17-13-21(3)12-14-8-4-5-9-15(14)17/h4-11,13H,12H2,1-3H3. The van der Waals surface area contributed by atoms with Crippen LogP contribution < -0.4 is 4.74 Å². The highest BCUT2D eigenvalue weighted by molar-refractivity contribution is 5.86. The van der Waals surface area contributed by atoms with E-state index in [2.05, 4.69) is 23.2 Å². The van der Waals surface area contributed by atoms with Crippen molar-refractivity contribution in [1.82, 2.24) is 9.80 Å². The maximum atomic E-state index is 11.9. The van der Waals surface area contributed by atoms with Crippen LogP contribution in [0.5, 0.6) is 5.75 Å². The van der Waals surface area contributed by atoms with Crippen LogP contribution in [-0.2, 0) is 6.54 Å². The van der Waals surface area contributed by atoms with Crippen LogP contribution in [0.3, 0.4) is 0 Å². The number of carbonyl (C=O) groups excluding carboxylic acids is 1. The summed E-state index contributed by atoms with van der Waals surface area (Å²) in [6.07, 6.45) is 1.72. The van der Waals surface area contributed by atoms with Gasteiger partial charge in [-0.05, 0) is 17.2 Å². The molecule has 0 spiro atoms. The van der Waals surface area contributed by atoms with E-state index in [9.17, 15) is 4.79 Å². The van der Waals surface area contributed by atoms with Crippen molar-refractivity contribution >= 4 is 11.7 Å². The van der Waals surface area contributed by atoms with Gasteiger partial charge in [-0.15, -0.1) is 0 Å². The quantitative estimate of drug-likeness (QED) is 0.850. The third-order valence-electron chi connectivity index (χ3n) is 3.82. The number of ether oxygens (including phenoxy) is 1. The molecule has 0 saturated heterocycles. The van der Waals surface area contributed by atoms with Crippen molar-refractivity contribution in [3.63, 3.8) is 0 Å². The zero-order chi connectivity index (χ0) is 16.4. The number of hydrogen-bond donors (Lipinski definition) is 0. The maximum Gasteiger partial charge on any atom is 0.414 e. The van der Waals surface area contributed by atoms with Gasteiger partial charge in [0, 0.05) is 45.0 Å². The molecular weight excluding hydrogens is 288 g/mol. The molecule has 2 aromatic carbocycles. The Morgan fingerprint density at radius 2 is 1.70 bits per heavy atom. The number of carbonyl (C=O) groups is 1. The number of rotatable bonds is 2. The van der Waals surface area contributed by atoms with Gasteiger partial charge in [-0.25, -0.2) is 4.79 Å². The van der Waals surface area contributed by atoms with E-state index in [-0.39, 0.29) is 6.09 Å². The zero-order valence-electron chi connectivity index (χ0n) is 13.6. The SMILES string of the molecule is CN1C=C(c2ccccc2OC(=O)N(C)C)c2ccccc2C1. The highest BCUT2D eigenvalue weighted by Gasteiger charge is 2.20. The van der Waals surface area contributed by atoms with Gasteiger partial charge >= 0.3 is 6.09 Å². The normalized spacial score (nSPS) is 13.2. The molecule has 2 aromatic rings. The molecule has 1 aliphatic rings.